The van der Waals surface area contributed by atoms with Crippen molar-refractivity contribution in [3.63, 3.8) is 0 Å². The summed E-state index contributed by atoms with van der Waals surface area (Å²) in [5, 5.41) is 0.468. The number of piperazine rings is 1. The largest absolute Gasteiger partial charge is 0.383 e. The molecule has 1 fully saturated rings. The summed E-state index contributed by atoms with van der Waals surface area (Å²) in [5.74, 6) is -0.0833. The van der Waals surface area contributed by atoms with Gasteiger partial charge in [0.2, 0.25) is 0 Å². The first-order valence-corrected chi connectivity index (χ1v) is 9.59. The lowest BCUT2D eigenvalue weighted by Crippen LogP contribution is -2.48. The number of benzene rings is 2. The maximum Gasteiger partial charge on any atom is 0.197 e. The van der Waals surface area contributed by atoms with Gasteiger partial charge in [-0.2, -0.15) is 0 Å². The minimum absolute atomic E-state index is 0.251. The summed E-state index contributed by atoms with van der Waals surface area (Å²) in [5.41, 5.74) is 9.19. The Morgan fingerprint density at radius 3 is 2.48 bits per heavy atom. The van der Waals surface area contributed by atoms with E-state index in [0.717, 1.165) is 39.1 Å². The Morgan fingerprint density at radius 2 is 1.81 bits per heavy atom. The van der Waals surface area contributed by atoms with Crippen LogP contribution in [0.3, 0.4) is 0 Å². The van der Waals surface area contributed by atoms with E-state index in [9.17, 15) is 4.39 Å². The topological polar surface area (TPSA) is 44.9 Å². The number of hydrogen-bond donors (Lipinski definition) is 1. The average Bonchev–Trinajstić information content (AvgIpc) is 2.68. The van der Waals surface area contributed by atoms with Gasteiger partial charge in [-0.3, -0.25) is 4.90 Å². The summed E-state index contributed by atoms with van der Waals surface area (Å²) in [4.78, 5) is 8.81. The van der Waals surface area contributed by atoms with Crippen molar-refractivity contribution < 1.29 is 4.39 Å². The summed E-state index contributed by atoms with van der Waals surface area (Å²) >= 11 is 5.42. The van der Waals surface area contributed by atoms with Gasteiger partial charge in [-0.05, 0) is 43.3 Å². The summed E-state index contributed by atoms with van der Waals surface area (Å²) in [7, 11) is 0. The Bertz CT molecular complexity index is 811. The number of amidine groups is 1. The molecule has 6 heteroatoms. The fraction of sp³-hybridized carbons (Fsp3) is 0.333. The van der Waals surface area contributed by atoms with E-state index in [1.165, 1.54) is 23.3 Å². The highest BCUT2D eigenvalue weighted by atomic mass is 32.1. The van der Waals surface area contributed by atoms with Crippen LogP contribution in [0.25, 0.3) is 0 Å². The first-order chi connectivity index (χ1) is 13.0. The van der Waals surface area contributed by atoms with E-state index in [1.807, 2.05) is 0 Å². The van der Waals surface area contributed by atoms with Gasteiger partial charge < -0.3 is 10.6 Å². The molecule has 1 saturated heterocycles. The highest BCUT2D eigenvalue weighted by molar-refractivity contribution is 7.80. The lowest BCUT2D eigenvalue weighted by molar-refractivity contribution is 0.185. The molecule has 0 saturated carbocycles. The molecular formula is C21H25FN4S. The number of aliphatic imine (C=N–C) groups is 1. The van der Waals surface area contributed by atoms with Crippen LogP contribution in [-0.2, 0) is 6.42 Å². The van der Waals surface area contributed by atoms with E-state index in [1.54, 1.807) is 12.1 Å². The van der Waals surface area contributed by atoms with E-state index in [4.69, 9.17) is 18.0 Å². The predicted octanol–water partition coefficient (Wildman–Crippen LogP) is 2.98. The molecular weight excluding hydrogens is 359 g/mol. The zero-order chi connectivity index (χ0) is 19.2. The molecule has 0 bridgehead atoms. The first-order valence-electron chi connectivity index (χ1n) is 9.18. The van der Waals surface area contributed by atoms with Crippen LogP contribution in [0.15, 0.2) is 53.5 Å². The van der Waals surface area contributed by atoms with Crippen LogP contribution in [0.5, 0.6) is 0 Å². The van der Waals surface area contributed by atoms with Gasteiger partial charge in [-0.1, -0.05) is 42.0 Å². The normalized spacial score (nSPS) is 15.8. The number of thiocarbonyl (C=S) groups is 1. The lowest BCUT2D eigenvalue weighted by Gasteiger charge is -2.35. The molecule has 1 aliphatic rings. The van der Waals surface area contributed by atoms with Gasteiger partial charge in [0, 0.05) is 38.3 Å². The molecule has 4 nitrogen and oxygen atoms in total. The smallest absolute Gasteiger partial charge is 0.197 e. The highest BCUT2D eigenvalue weighted by Crippen LogP contribution is 2.09. The Balaban J connectivity index is 1.48. The monoisotopic (exact) mass is 384 g/mol. The van der Waals surface area contributed by atoms with Crippen molar-refractivity contribution >= 4 is 23.2 Å². The molecule has 2 aromatic carbocycles. The zero-order valence-corrected chi connectivity index (χ0v) is 16.4. The van der Waals surface area contributed by atoms with Gasteiger partial charge in [-0.25, -0.2) is 9.38 Å². The maximum atomic E-state index is 13.3. The quantitative estimate of drug-likeness (QED) is 0.500. The van der Waals surface area contributed by atoms with Crippen molar-refractivity contribution in [2.24, 2.45) is 10.7 Å². The fourth-order valence-corrected chi connectivity index (χ4v) is 3.37. The second-order valence-electron chi connectivity index (χ2n) is 6.85. The molecule has 27 heavy (non-hydrogen) atoms. The van der Waals surface area contributed by atoms with Crippen molar-refractivity contribution in [2.45, 2.75) is 13.3 Å². The molecule has 142 valence electrons. The molecule has 0 atom stereocenters. The second-order valence-corrected chi connectivity index (χ2v) is 7.22. The Labute approximate surface area is 165 Å². The van der Waals surface area contributed by atoms with Crippen LogP contribution in [-0.4, -0.2) is 53.5 Å². The highest BCUT2D eigenvalue weighted by Gasteiger charge is 2.18. The van der Waals surface area contributed by atoms with Crippen molar-refractivity contribution in [3.05, 3.63) is 71.0 Å². The van der Waals surface area contributed by atoms with Crippen molar-refractivity contribution in [1.29, 1.82) is 0 Å². The Morgan fingerprint density at radius 1 is 1.11 bits per heavy atom. The third-order valence-electron chi connectivity index (χ3n) is 4.82. The number of rotatable bonds is 4. The molecule has 0 unspecified atom stereocenters. The van der Waals surface area contributed by atoms with E-state index >= 15 is 0 Å². The average molecular weight is 385 g/mol. The van der Waals surface area contributed by atoms with Crippen LogP contribution < -0.4 is 5.73 Å². The molecule has 1 aliphatic heterocycles. The molecule has 0 amide bonds. The van der Waals surface area contributed by atoms with Gasteiger partial charge in [0.1, 0.15) is 11.7 Å². The number of nitrogens with two attached hydrogens (primary N) is 1. The minimum Gasteiger partial charge on any atom is -0.383 e. The number of hydrogen-bond acceptors (Lipinski definition) is 2. The summed E-state index contributed by atoms with van der Waals surface area (Å²) < 4.78 is 13.3. The summed E-state index contributed by atoms with van der Waals surface area (Å²) in [6.07, 6.45) is 1.05. The summed E-state index contributed by atoms with van der Waals surface area (Å²) in [6, 6.07) is 14.8. The standard InChI is InChI=1S/C21H25FN4S/c1-16-5-7-17(8-6-16)9-10-25-11-13-26(14-12-25)21(27)24-20(23)18-3-2-4-19(22)15-18/h2-8,15H,9-14H2,1H3,(H2,23,24,27). The number of nitrogens with zero attached hydrogens (tertiary/aromatic N) is 3. The van der Waals surface area contributed by atoms with Crippen LogP contribution in [0.1, 0.15) is 16.7 Å². The summed E-state index contributed by atoms with van der Waals surface area (Å²) in [6.45, 7) is 6.69. The van der Waals surface area contributed by atoms with Gasteiger partial charge >= 0.3 is 0 Å². The molecule has 0 spiro atoms. The third-order valence-corrected chi connectivity index (χ3v) is 5.17. The van der Waals surface area contributed by atoms with Crippen LogP contribution in [0, 0.1) is 12.7 Å². The van der Waals surface area contributed by atoms with Crippen LogP contribution in [0.2, 0.25) is 0 Å². The van der Waals surface area contributed by atoms with Gasteiger partial charge in [0.25, 0.3) is 0 Å². The minimum atomic E-state index is -0.334. The maximum absolute atomic E-state index is 13.3. The van der Waals surface area contributed by atoms with Gasteiger partial charge in [0.15, 0.2) is 5.11 Å². The molecule has 0 radical (unpaired) electrons. The first kappa shape index (κ1) is 19.5. The van der Waals surface area contributed by atoms with Crippen molar-refractivity contribution in [3.8, 4) is 0 Å². The van der Waals surface area contributed by atoms with E-state index in [2.05, 4.69) is 46.0 Å². The molecule has 1 heterocycles. The molecule has 2 N–H and O–H groups in total. The van der Waals surface area contributed by atoms with Gasteiger partial charge in [-0.15, -0.1) is 0 Å². The zero-order valence-electron chi connectivity index (χ0n) is 15.6. The lowest BCUT2D eigenvalue weighted by atomic mass is 10.1. The van der Waals surface area contributed by atoms with Crippen LogP contribution in [0.4, 0.5) is 4.39 Å². The Kier molecular flexibility index (Phi) is 6.53. The van der Waals surface area contributed by atoms with E-state index in [-0.39, 0.29) is 11.7 Å². The predicted molar refractivity (Wildman–Crippen MR) is 113 cm³/mol. The van der Waals surface area contributed by atoms with E-state index < -0.39 is 0 Å². The molecule has 0 aromatic heterocycles. The molecule has 0 aliphatic carbocycles. The third kappa shape index (κ3) is 5.58. The fourth-order valence-electron chi connectivity index (χ4n) is 3.09. The molecule has 3 rings (SSSR count). The van der Waals surface area contributed by atoms with Crippen molar-refractivity contribution in [1.82, 2.24) is 9.80 Å². The second kappa shape index (κ2) is 9.06. The van der Waals surface area contributed by atoms with Gasteiger partial charge in [0.05, 0.1) is 0 Å². The van der Waals surface area contributed by atoms with Crippen LogP contribution >= 0.6 is 12.2 Å². The number of halogens is 1. The SMILES string of the molecule is Cc1ccc(CCN2CCN(C(=S)/N=C(\N)c3cccc(F)c3)CC2)cc1. The molecule has 2 aromatic rings. The Hall–Kier alpha value is -2.31. The number of aryl methyl sites for hydroxylation is 1. The van der Waals surface area contributed by atoms with Crippen molar-refractivity contribution in [2.75, 3.05) is 32.7 Å². The van der Waals surface area contributed by atoms with E-state index in [0.29, 0.717) is 10.7 Å².